The van der Waals surface area contributed by atoms with E-state index in [0.29, 0.717) is 0 Å². The summed E-state index contributed by atoms with van der Waals surface area (Å²) in [5.74, 6) is 0. The Labute approximate surface area is 98.2 Å². The van der Waals surface area contributed by atoms with E-state index in [2.05, 4.69) is 50.2 Å². The first kappa shape index (κ1) is 9.98. The molecular weight excluding hydrogens is 387 g/mol. The normalized spacial score (nSPS) is 10.1. The Morgan fingerprint density at radius 2 is 1.64 bits per heavy atom. The lowest BCUT2D eigenvalue weighted by Crippen LogP contribution is -1.90. The molecule has 0 aliphatic heterocycles. The molecule has 1 aromatic heterocycles. The molecule has 1 nitrogen and oxygen atoms in total. The first-order chi connectivity index (χ1) is 5.26. The van der Waals surface area contributed by atoms with Crippen LogP contribution in [0.15, 0.2) is 12.1 Å². The summed E-state index contributed by atoms with van der Waals surface area (Å²) in [6, 6.07) is 3.81. The lowest BCUT2D eigenvalue weighted by atomic mass is 10.3. The van der Waals surface area contributed by atoms with Gasteiger partial charge < -0.3 is 0 Å². The van der Waals surface area contributed by atoms with Gasteiger partial charge in [0.15, 0.2) is 0 Å². The third-order valence-electron chi connectivity index (χ3n) is 1.17. The largest absolute Gasteiger partial charge is 0.256 e. The number of hydrogen-bond donors (Lipinski definition) is 0. The highest BCUT2D eigenvalue weighted by atomic mass is 127. The number of rotatable bonds is 2. The molecule has 0 bridgehead atoms. The Kier molecular flexibility index (Phi) is 4.37. The summed E-state index contributed by atoms with van der Waals surface area (Å²) in [7, 11) is 0. The number of hydrogen-bond acceptors (Lipinski definition) is 1. The van der Waals surface area contributed by atoms with Crippen LogP contribution in [-0.2, 0) is 8.86 Å². The van der Waals surface area contributed by atoms with Gasteiger partial charge in [0.05, 0.1) is 11.4 Å². The zero-order valence-electron chi connectivity index (χ0n) is 5.65. The molecule has 0 aromatic carbocycles. The molecule has 1 rings (SSSR count). The van der Waals surface area contributed by atoms with Crippen LogP contribution in [0.4, 0.5) is 0 Å². The average Bonchev–Trinajstić information content (AvgIpc) is 2.03. The van der Waals surface area contributed by atoms with Crippen molar-refractivity contribution in [1.82, 2.24) is 4.98 Å². The van der Waals surface area contributed by atoms with Gasteiger partial charge in [-0.2, -0.15) is 0 Å². The zero-order valence-corrected chi connectivity index (χ0v) is 10.7. The molecule has 0 atom stereocenters. The summed E-state index contributed by atoms with van der Waals surface area (Å²) in [5.41, 5.74) is 2.12. The summed E-state index contributed by atoms with van der Waals surface area (Å²) in [6.07, 6.45) is 0. The van der Waals surface area contributed by atoms with Crippen LogP contribution < -0.4 is 0 Å². The van der Waals surface area contributed by atoms with Crippen molar-refractivity contribution >= 4 is 56.8 Å². The van der Waals surface area contributed by atoms with Crippen molar-refractivity contribution in [2.45, 2.75) is 8.86 Å². The lowest BCUT2D eigenvalue weighted by molar-refractivity contribution is 1.11. The van der Waals surface area contributed by atoms with Crippen molar-refractivity contribution in [3.8, 4) is 0 Å². The molecule has 0 saturated carbocycles. The second kappa shape index (κ2) is 4.81. The fourth-order valence-electron chi connectivity index (χ4n) is 0.746. The van der Waals surface area contributed by atoms with Gasteiger partial charge in [-0.3, -0.25) is 4.98 Å². The fourth-order valence-corrected chi connectivity index (χ4v) is 1.78. The van der Waals surface area contributed by atoms with Crippen LogP contribution in [0.1, 0.15) is 11.4 Å². The van der Waals surface area contributed by atoms with Crippen molar-refractivity contribution in [3.05, 3.63) is 28.5 Å². The zero-order chi connectivity index (χ0) is 8.27. The third-order valence-corrected chi connectivity index (χ3v) is 2.95. The molecule has 1 aromatic rings. The van der Waals surface area contributed by atoms with Gasteiger partial charge in [-0.1, -0.05) is 56.8 Å². The van der Waals surface area contributed by atoms with Gasteiger partial charge >= 0.3 is 0 Å². The molecule has 0 fully saturated rings. The second-order valence-electron chi connectivity index (χ2n) is 2.04. The minimum Gasteiger partial charge on any atom is -0.256 e. The van der Waals surface area contributed by atoms with Crippen molar-refractivity contribution in [3.63, 3.8) is 0 Å². The quantitative estimate of drug-likeness (QED) is 0.553. The van der Waals surface area contributed by atoms with Gasteiger partial charge in [-0.25, -0.2) is 0 Å². The summed E-state index contributed by atoms with van der Waals surface area (Å²) >= 11 is 10.4. The number of alkyl halides is 2. The van der Waals surface area contributed by atoms with Crippen LogP contribution in [0.25, 0.3) is 0 Å². The maximum absolute atomic E-state index is 5.86. The van der Waals surface area contributed by atoms with Crippen LogP contribution in [0.3, 0.4) is 0 Å². The molecule has 0 aliphatic rings. The van der Waals surface area contributed by atoms with Gasteiger partial charge in [0, 0.05) is 13.9 Å². The molecule has 0 spiro atoms. The third kappa shape index (κ3) is 3.02. The summed E-state index contributed by atoms with van der Waals surface area (Å²) in [4.78, 5) is 4.37. The maximum atomic E-state index is 5.86. The maximum Gasteiger partial charge on any atom is 0.0519 e. The first-order valence-corrected chi connectivity index (χ1v) is 6.46. The Balaban J connectivity index is 3.02. The number of aromatic nitrogens is 1. The Morgan fingerprint density at radius 1 is 1.18 bits per heavy atom. The minimum absolute atomic E-state index is 0.790. The molecule has 1 heterocycles. The van der Waals surface area contributed by atoms with Gasteiger partial charge in [0.25, 0.3) is 0 Å². The number of halogens is 3. The lowest BCUT2D eigenvalue weighted by Gasteiger charge is -1.99. The van der Waals surface area contributed by atoms with Crippen molar-refractivity contribution < 1.29 is 0 Å². The average molecular weight is 393 g/mol. The van der Waals surface area contributed by atoms with Crippen molar-refractivity contribution in [1.29, 1.82) is 0 Å². The SMILES string of the molecule is Clc1cc(CI)nc(CI)c1. The van der Waals surface area contributed by atoms with E-state index in [1.807, 2.05) is 12.1 Å². The highest BCUT2D eigenvalue weighted by molar-refractivity contribution is 14.1. The second-order valence-corrected chi connectivity index (χ2v) is 4.00. The molecule has 60 valence electrons. The van der Waals surface area contributed by atoms with Crippen LogP contribution in [-0.4, -0.2) is 4.98 Å². The van der Waals surface area contributed by atoms with E-state index in [0.717, 1.165) is 25.3 Å². The van der Waals surface area contributed by atoms with Crippen LogP contribution in [0.5, 0.6) is 0 Å². The summed E-state index contributed by atoms with van der Waals surface area (Å²) in [6.45, 7) is 0. The predicted octanol–water partition coefficient (Wildman–Crippen LogP) is 3.61. The smallest absolute Gasteiger partial charge is 0.0519 e. The van der Waals surface area contributed by atoms with E-state index in [1.54, 1.807) is 0 Å². The molecule has 4 heteroatoms. The standard InChI is InChI=1S/C7H6ClI2N/c8-5-1-6(3-9)11-7(2-5)4-10/h1-2H,3-4H2. The van der Waals surface area contributed by atoms with Gasteiger partial charge in [0.1, 0.15) is 0 Å². The highest BCUT2D eigenvalue weighted by Crippen LogP contribution is 2.15. The topological polar surface area (TPSA) is 12.9 Å². The Morgan fingerprint density at radius 3 is 2.00 bits per heavy atom. The van der Waals surface area contributed by atoms with E-state index in [4.69, 9.17) is 11.6 Å². The van der Waals surface area contributed by atoms with Crippen LogP contribution >= 0.6 is 56.8 Å². The Hall–Kier alpha value is 0.900. The molecule has 0 unspecified atom stereocenters. The minimum atomic E-state index is 0.790. The van der Waals surface area contributed by atoms with Gasteiger partial charge in [0.2, 0.25) is 0 Å². The molecule has 0 N–H and O–H groups in total. The van der Waals surface area contributed by atoms with E-state index < -0.39 is 0 Å². The highest BCUT2D eigenvalue weighted by Gasteiger charge is 1.98. The van der Waals surface area contributed by atoms with Gasteiger partial charge in [-0.05, 0) is 12.1 Å². The first-order valence-electron chi connectivity index (χ1n) is 3.03. The molecule has 0 amide bonds. The van der Waals surface area contributed by atoms with E-state index in [9.17, 15) is 0 Å². The molecule has 11 heavy (non-hydrogen) atoms. The van der Waals surface area contributed by atoms with Gasteiger partial charge in [-0.15, -0.1) is 0 Å². The molecule has 0 radical (unpaired) electrons. The van der Waals surface area contributed by atoms with E-state index in [1.165, 1.54) is 0 Å². The Bertz CT molecular complexity index is 230. The summed E-state index contributed by atoms with van der Waals surface area (Å²) in [5, 5.41) is 0.790. The monoisotopic (exact) mass is 393 g/mol. The fraction of sp³-hybridized carbons (Fsp3) is 0.286. The molecule has 0 saturated heterocycles. The van der Waals surface area contributed by atoms with Crippen molar-refractivity contribution in [2.24, 2.45) is 0 Å². The van der Waals surface area contributed by atoms with E-state index >= 15 is 0 Å². The van der Waals surface area contributed by atoms with Crippen LogP contribution in [0.2, 0.25) is 5.02 Å². The van der Waals surface area contributed by atoms with Crippen LogP contribution in [0, 0.1) is 0 Å². The number of nitrogens with zero attached hydrogens (tertiary/aromatic N) is 1. The molecular formula is C7H6ClI2N. The molecule has 0 aliphatic carbocycles. The van der Waals surface area contributed by atoms with E-state index in [-0.39, 0.29) is 0 Å². The van der Waals surface area contributed by atoms with Crippen molar-refractivity contribution in [2.75, 3.05) is 0 Å². The predicted molar refractivity (Wildman–Crippen MR) is 64.7 cm³/mol. The number of pyridine rings is 1. The summed E-state index contributed by atoms with van der Waals surface area (Å²) < 4.78 is 1.84.